The van der Waals surface area contributed by atoms with Crippen molar-refractivity contribution in [2.45, 2.75) is 13.5 Å². The third-order valence-electron chi connectivity index (χ3n) is 4.12. The summed E-state index contributed by atoms with van der Waals surface area (Å²) in [6.45, 7) is 2.34. The van der Waals surface area contributed by atoms with E-state index in [4.69, 9.17) is 14.6 Å². The third kappa shape index (κ3) is 4.39. The predicted molar refractivity (Wildman–Crippen MR) is 110 cm³/mol. The van der Waals surface area contributed by atoms with Crippen molar-refractivity contribution in [3.8, 4) is 23.3 Å². The summed E-state index contributed by atoms with van der Waals surface area (Å²) in [6.07, 6.45) is 5.10. The van der Waals surface area contributed by atoms with E-state index in [-0.39, 0.29) is 6.61 Å². The minimum absolute atomic E-state index is 0.0257. The lowest BCUT2D eigenvalue weighted by molar-refractivity contribution is 0.269. The lowest BCUT2D eigenvalue weighted by Gasteiger charge is -2.10. The number of methoxy groups -OCH3 is 1. The highest BCUT2D eigenvalue weighted by Crippen LogP contribution is 2.27. The summed E-state index contributed by atoms with van der Waals surface area (Å²) in [5, 5.41) is 20.8. The number of ether oxygens (including phenoxy) is 2. The van der Waals surface area contributed by atoms with Crippen molar-refractivity contribution in [3.63, 3.8) is 0 Å². The van der Waals surface area contributed by atoms with Gasteiger partial charge in [-0.3, -0.25) is 4.68 Å². The van der Waals surface area contributed by atoms with Gasteiger partial charge in [0.25, 0.3) is 0 Å². The normalized spacial score (nSPS) is 10.8. The second kappa shape index (κ2) is 8.62. The molecule has 0 aliphatic rings. The van der Waals surface area contributed by atoms with Crippen molar-refractivity contribution in [3.05, 3.63) is 60.7 Å². The van der Waals surface area contributed by atoms with Crippen LogP contribution in [0.25, 0.3) is 5.82 Å². The largest absolute Gasteiger partial charge is 0.481 e. The number of aromatic nitrogens is 6. The molecule has 10 heteroatoms. The van der Waals surface area contributed by atoms with Crippen LogP contribution < -0.4 is 14.8 Å². The lowest BCUT2D eigenvalue weighted by atomic mass is 10.4. The smallest absolute Gasteiger partial charge is 0.224 e. The molecule has 0 atom stereocenters. The molecule has 0 fully saturated rings. The number of aliphatic hydroxyl groups excluding tert-OH is 1. The number of nitrogens with zero attached hydrogens (tertiary/aromatic N) is 6. The zero-order chi connectivity index (χ0) is 20.9. The average molecular weight is 407 g/mol. The monoisotopic (exact) mass is 407 g/mol. The topological polar surface area (TPSA) is 112 Å². The van der Waals surface area contributed by atoms with Gasteiger partial charge in [-0.05, 0) is 19.1 Å². The van der Waals surface area contributed by atoms with Crippen molar-refractivity contribution in [1.29, 1.82) is 0 Å². The number of aryl methyl sites for hydroxylation is 1. The highest BCUT2D eigenvalue weighted by Gasteiger charge is 2.12. The van der Waals surface area contributed by atoms with Gasteiger partial charge < -0.3 is 19.9 Å². The number of hydrogen-bond acceptors (Lipinski definition) is 8. The van der Waals surface area contributed by atoms with Crippen LogP contribution in [-0.4, -0.2) is 48.4 Å². The van der Waals surface area contributed by atoms with E-state index in [0.29, 0.717) is 35.7 Å². The molecular formula is C20H21N7O3. The Kier molecular flexibility index (Phi) is 5.57. The van der Waals surface area contributed by atoms with Crippen molar-refractivity contribution in [2.24, 2.45) is 0 Å². The molecule has 0 aliphatic carbocycles. The molecule has 154 valence electrons. The Bertz CT molecular complexity index is 1140. The molecule has 0 saturated carbocycles. The Labute approximate surface area is 172 Å². The SMILES string of the molecule is COc1cccc(-n2nc(C)cc2Oc2ccnc(Nc3cnn(CCO)c3)c2)n1. The zero-order valence-electron chi connectivity index (χ0n) is 16.6. The molecule has 4 rings (SSSR count). The molecule has 0 aromatic carbocycles. The molecule has 0 bridgehead atoms. The fourth-order valence-electron chi connectivity index (χ4n) is 2.81. The number of nitrogens with one attached hydrogen (secondary N) is 1. The van der Waals surface area contributed by atoms with Gasteiger partial charge in [0, 0.05) is 30.6 Å². The van der Waals surface area contributed by atoms with E-state index in [1.54, 1.807) is 53.3 Å². The molecule has 0 amide bonds. The van der Waals surface area contributed by atoms with Gasteiger partial charge in [-0.25, -0.2) is 4.98 Å². The average Bonchev–Trinajstić information content (AvgIpc) is 3.34. The van der Waals surface area contributed by atoms with E-state index in [1.165, 1.54) is 0 Å². The first-order valence-electron chi connectivity index (χ1n) is 9.27. The molecule has 0 radical (unpaired) electrons. The molecule has 0 aliphatic heterocycles. The van der Waals surface area contributed by atoms with Crippen molar-refractivity contribution >= 4 is 11.5 Å². The minimum Gasteiger partial charge on any atom is -0.481 e. The fraction of sp³-hybridized carbons (Fsp3) is 0.200. The summed E-state index contributed by atoms with van der Waals surface area (Å²) in [5.41, 5.74) is 1.55. The van der Waals surface area contributed by atoms with Gasteiger partial charge in [0.1, 0.15) is 11.6 Å². The van der Waals surface area contributed by atoms with E-state index in [2.05, 4.69) is 25.5 Å². The maximum atomic E-state index is 9.00. The Balaban J connectivity index is 1.55. The molecular weight excluding hydrogens is 386 g/mol. The summed E-state index contributed by atoms with van der Waals surface area (Å²) < 4.78 is 14.5. The van der Waals surface area contributed by atoms with Crippen LogP contribution in [0.4, 0.5) is 11.5 Å². The predicted octanol–water partition coefficient (Wildman–Crippen LogP) is 2.70. The summed E-state index contributed by atoms with van der Waals surface area (Å²) in [6, 6.07) is 10.8. The van der Waals surface area contributed by atoms with Gasteiger partial charge in [-0.15, -0.1) is 0 Å². The van der Waals surface area contributed by atoms with Gasteiger partial charge in [-0.1, -0.05) is 6.07 Å². The van der Waals surface area contributed by atoms with Crippen LogP contribution in [0.15, 0.2) is 55.0 Å². The minimum atomic E-state index is 0.0257. The first-order chi connectivity index (χ1) is 14.6. The highest BCUT2D eigenvalue weighted by atomic mass is 16.5. The Hall–Kier alpha value is -3.92. The Morgan fingerprint density at radius 1 is 1.20 bits per heavy atom. The first-order valence-corrected chi connectivity index (χ1v) is 9.27. The molecule has 2 N–H and O–H groups in total. The van der Waals surface area contributed by atoms with E-state index >= 15 is 0 Å². The summed E-state index contributed by atoms with van der Waals surface area (Å²) >= 11 is 0. The number of rotatable bonds is 8. The van der Waals surface area contributed by atoms with Gasteiger partial charge in [0.2, 0.25) is 11.8 Å². The molecule has 4 heterocycles. The summed E-state index contributed by atoms with van der Waals surface area (Å²) in [4.78, 5) is 8.73. The molecule has 0 unspecified atom stereocenters. The van der Waals surface area contributed by atoms with E-state index in [1.807, 2.05) is 25.1 Å². The molecule has 0 spiro atoms. The number of pyridine rings is 2. The summed E-state index contributed by atoms with van der Waals surface area (Å²) in [5.74, 6) is 2.77. The maximum Gasteiger partial charge on any atom is 0.224 e. The van der Waals surface area contributed by atoms with Crippen LogP contribution in [0, 0.1) is 6.92 Å². The molecule has 30 heavy (non-hydrogen) atoms. The molecule has 4 aromatic rings. The van der Waals surface area contributed by atoms with Crippen LogP contribution in [0.2, 0.25) is 0 Å². The van der Waals surface area contributed by atoms with Crippen molar-refractivity contribution in [2.75, 3.05) is 19.0 Å². The second-order valence-electron chi connectivity index (χ2n) is 6.39. The molecule has 0 saturated heterocycles. The van der Waals surface area contributed by atoms with Gasteiger partial charge in [0.15, 0.2) is 5.82 Å². The van der Waals surface area contributed by atoms with Crippen LogP contribution >= 0.6 is 0 Å². The maximum absolute atomic E-state index is 9.00. The van der Waals surface area contributed by atoms with Gasteiger partial charge in [0.05, 0.1) is 37.8 Å². The standard InChI is InChI=1S/C20H21N7O3/c1-14-10-20(27(25-14)18-4-3-5-19(24-18)29-2)30-16-6-7-21-17(11-16)23-15-12-22-26(13-15)8-9-28/h3-7,10-13,28H,8-9H2,1-2H3,(H,21,23). The van der Waals surface area contributed by atoms with E-state index in [0.717, 1.165) is 11.4 Å². The second-order valence-corrected chi connectivity index (χ2v) is 6.39. The van der Waals surface area contributed by atoms with Crippen molar-refractivity contribution < 1.29 is 14.6 Å². The molecule has 10 nitrogen and oxygen atoms in total. The number of anilines is 2. The Morgan fingerprint density at radius 3 is 2.93 bits per heavy atom. The number of hydrogen-bond donors (Lipinski definition) is 2. The van der Waals surface area contributed by atoms with Gasteiger partial charge in [-0.2, -0.15) is 19.9 Å². The third-order valence-corrected chi connectivity index (χ3v) is 4.12. The van der Waals surface area contributed by atoms with Crippen LogP contribution in [0.5, 0.6) is 17.5 Å². The Morgan fingerprint density at radius 2 is 2.10 bits per heavy atom. The van der Waals surface area contributed by atoms with Crippen LogP contribution in [-0.2, 0) is 6.54 Å². The van der Waals surface area contributed by atoms with E-state index < -0.39 is 0 Å². The van der Waals surface area contributed by atoms with Crippen LogP contribution in [0.3, 0.4) is 0 Å². The zero-order valence-corrected chi connectivity index (χ0v) is 16.6. The van der Waals surface area contributed by atoms with Crippen LogP contribution in [0.1, 0.15) is 5.69 Å². The highest BCUT2D eigenvalue weighted by molar-refractivity contribution is 5.55. The lowest BCUT2D eigenvalue weighted by Crippen LogP contribution is -2.03. The van der Waals surface area contributed by atoms with E-state index in [9.17, 15) is 0 Å². The quantitative estimate of drug-likeness (QED) is 0.458. The summed E-state index contributed by atoms with van der Waals surface area (Å²) in [7, 11) is 1.57. The molecule has 4 aromatic heterocycles. The first kappa shape index (κ1) is 19.4. The fourth-order valence-corrected chi connectivity index (χ4v) is 2.81. The van der Waals surface area contributed by atoms with Crippen molar-refractivity contribution in [1.82, 2.24) is 29.5 Å². The van der Waals surface area contributed by atoms with Gasteiger partial charge >= 0.3 is 0 Å². The number of aliphatic hydroxyl groups is 1.